The molecule has 2 N–H and O–H groups in total. The van der Waals surface area contributed by atoms with Gasteiger partial charge in [-0.05, 0) is 28.3 Å². The highest BCUT2D eigenvalue weighted by molar-refractivity contribution is 7.99. The van der Waals surface area contributed by atoms with Crippen molar-refractivity contribution in [2.24, 2.45) is 7.05 Å². The average Bonchev–Trinajstić information content (AvgIpc) is 2.79. The van der Waals surface area contributed by atoms with E-state index in [0.717, 1.165) is 15.8 Å². The van der Waals surface area contributed by atoms with Crippen molar-refractivity contribution in [3.63, 3.8) is 0 Å². The van der Waals surface area contributed by atoms with Crippen LogP contribution in [-0.2, 0) is 7.05 Å². The zero-order valence-electron chi connectivity index (χ0n) is 9.61. The monoisotopic (exact) mass is 258 g/mol. The number of fused-ring (bicyclic) bond motifs is 1. The highest BCUT2D eigenvalue weighted by Crippen LogP contribution is 2.35. The lowest BCUT2D eigenvalue weighted by Crippen LogP contribution is -1.96. The van der Waals surface area contributed by atoms with Gasteiger partial charge in [-0.3, -0.25) is 4.98 Å². The predicted octanol–water partition coefficient (Wildman–Crippen LogP) is 1.49. The summed E-state index contributed by atoms with van der Waals surface area (Å²) in [6.45, 7) is 0. The maximum absolute atomic E-state index is 5.99. The molecule has 0 amide bonds. The van der Waals surface area contributed by atoms with Crippen molar-refractivity contribution in [1.82, 2.24) is 25.2 Å². The Bertz CT molecular complexity index is 708. The topological polar surface area (TPSA) is 82.5 Å². The third-order valence-electron chi connectivity index (χ3n) is 2.53. The third kappa shape index (κ3) is 1.78. The van der Waals surface area contributed by atoms with E-state index in [1.165, 1.54) is 11.8 Å². The summed E-state index contributed by atoms with van der Waals surface area (Å²) < 4.78 is 1.61. The van der Waals surface area contributed by atoms with Crippen LogP contribution in [0.2, 0.25) is 0 Å². The minimum absolute atomic E-state index is 0.627. The van der Waals surface area contributed by atoms with E-state index in [9.17, 15) is 0 Å². The highest BCUT2D eigenvalue weighted by Gasteiger charge is 2.11. The lowest BCUT2D eigenvalue weighted by molar-refractivity contribution is 0.665. The second-order valence-electron chi connectivity index (χ2n) is 3.75. The smallest absolute Gasteiger partial charge is 0.213 e. The fourth-order valence-electron chi connectivity index (χ4n) is 1.64. The molecule has 18 heavy (non-hydrogen) atoms. The Labute approximate surface area is 107 Å². The molecular formula is C11H10N6S. The molecule has 6 nitrogen and oxygen atoms in total. The molecule has 0 aliphatic carbocycles. The number of para-hydroxylation sites is 1. The number of anilines is 1. The van der Waals surface area contributed by atoms with Crippen molar-refractivity contribution in [2.75, 3.05) is 5.73 Å². The van der Waals surface area contributed by atoms with Gasteiger partial charge in [-0.15, -0.1) is 5.10 Å². The largest absolute Gasteiger partial charge is 0.397 e. The number of nitrogen functional groups attached to an aromatic ring is 1. The Hall–Kier alpha value is -2.15. The van der Waals surface area contributed by atoms with E-state index in [2.05, 4.69) is 20.5 Å². The minimum Gasteiger partial charge on any atom is -0.397 e. The summed E-state index contributed by atoms with van der Waals surface area (Å²) in [4.78, 5) is 5.23. The molecule has 90 valence electrons. The van der Waals surface area contributed by atoms with Crippen molar-refractivity contribution < 1.29 is 0 Å². The fourth-order valence-corrected chi connectivity index (χ4v) is 2.53. The van der Waals surface area contributed by atoms with Crippen LogP contribution in [0.15, 0.2) is 40.5 Å². The maximum atomic E-state index is 5.99. The second-order valence-corrected chi connectivity index (χ2v) is 4.72. The molecule has 0 atom stereocenters. The molecule has 0 spiro atoms. The van der Waals surface area contributed by atoms with Gasteiger partial charge in [0.25, 0.3) is 0 Å². The quantitative estimate of drug-likeness (QED) is 0.750. The van der Waals surface area contributed by atoms with Gasteiger partial charge in [0.05, 0.1) is 17.4 Å². The van der Waals surface area contributed by atoms with Crippen molar-refractivity contribution in [3.8, 4) is 0 Å². The molecule has 7 heteroatoms. The first-order chi connectivity index (χ1) is 8.75. The molecule has 0 unspecified atom stereocenters. The molecule has 3 aromatic rings. The van der Waals surface area contributed by atoms with Crippen LogP contribution >= 0.6 is 11.8 Å². The number of aromatic nitrogens is 5. The van der Waals surface area contributed by atoms with Gasteiger partial charge in [-0.1, -0.05) is 18.2 Å². The highest BCUT2D eigenvalue weighted by atomic mass is 32.2. The van der Waals surface area contributed by atoms with Gasteiger partial charge in [0.2, 0.25) is 5.16 Å². The number of nitrogens with zero attached hydrogens (tertiary/aromatic N) is 5. The summed E-state index contributed by atoms with van der Waals surface area (Å²) >= 11 is 1.44. The van der Waals surface area contributed by atoms with E-state index in [0.29, 0.717) is 10.8 Å². The number of pyridine rings is 1. The van der Waals surface area contributed by atoms with E-state index in [-0.39, 0.29) is 0 Å². The molecule has 2 heterocycles. The number of benzene rings is 1. The van der Waals surface area contributed by atoms with E-state index in [1.807, 2.05) is 24.3 Å². The van der Waals surface area contributed by atoms with E-state index in [1.54, 1.807) is 17.9 Å². The van der Waals surface area contributed by atoms with E-state index >= 15 is 0 Å². The fraction of sp³-hybridized carbons (Fsp3) is 0.0909. The summed E-state index contributed by atoms with van der Waals surface area (Å²) in [5, 5.41) is 13.1. The molecule has 0 fully saturated rings. The Morgan fingerprint density at radius 3 is 2.89 bits per heavy atom. The normalized spacial score (nSPS) is 10.9. The Balaban J connectivity index is 2.16. The summed E-state index contributed by atoms with van der Waals surface area (Å²) in [7, 11) is 1.79. The molecular weight excluding hydrogens is 248 g/mol. The summed E-state index contributed by atoms with van der Waals surface area (Å²) in [6.07, 6.45) is 1.66. The first-order valence-corrected chi connectivity index (χ1v) is 6.11. The van der Waals surface area contributed by atoms with Gasteiger partial charge in [0, 0.05) is 17.3 Å². The number of aryl methyl sites for hydroxylation is 1. The van der Waals surface area contributed by atoms with Gasteiger partial charge in [0.1, 0.15) is 0 Å². The molecule has 0 saturated heterocycles. The van der Waals surface area contributed by atoms with Crippen molar-refractivity contribution in [2.45, 2.75) is 10.1 Å². The SMILES string of the molecule is Cn1nnnc1Sc1c(N)cnc2ccccc12. The van der Waals surface area contributed by atoms with Crippen molar-refractivity contribution in [1.29, 1.82) is 0 Å². The van der Waals surface area contributed by atoms with E-state index in [4.69, 9.17) is 5.73 Å². The van der Waals surface area contributed by atoms with Gasteiger partial charge < -0.3 is 5.73 Å². The lowest BCUT2D eigenvalue weighted by atomic mass is 10.2. The summed E-state index contributed by atoms with van der Waals surface area (Å²) in [5.74, 6) is 0. The van der Waals surface area contributed by atoms with Crippen LogP contribution in [0.1, 0.15) is 0 Å². The Kier molecular flexibility index (Phi) is 2.60. The maximum Gasteiger partial charge on any atom is 0.213 e. The third-order valence-corrected chi connectivity index (χ3v) is 3.72. The van der Waals surface area contributed by atoms with E-state index < -0.39 is 0 Å². The first kappa shape index (κ1) is 11.0. The van der Waals surface area contributed by atoms with Crippen LogP contribution in [0.4, 0.5) is 5.69 Å². The minimum atomic E-state index is 0.627. The number of nitrogens with two attached hydrogens (primary N) is 1. The molecule has 0 bridgehead atoms. The van der Waals surface area contributed by atoms with Crippen LogP contribution in [-0.4, -0.2) is 25.2 Å². The Morgan fingerprint density at radius 2 is 2.11 bits per heavy atom. The average molecular weight is 258 g/mol. The van der Waals surface area contributed by atoms with Crippen molar-refractivity contribution >= 4 is 28.4 Å². The number of tetrazole rings is 1. The van der Waals surface area contributed by atoms with Crippen LogP contribution in [0, 0.1) is 0 Å². The second kappa shape index (κ2) is 4.26. The number of hydrogen-bond donors (Lipinski definition) is 1. The first-order valence-electron chi connectivity index (χ1n) is 5.29. The standard InChI is InChI=1S/C11H10N6S/c1-17-11(14-15-16-17)18-10-7-4-2-3-5-9(7)13-6-8(10)12/h2-6H,12H2,1H3. The predicted molar refractivity (Wildman–Crippen MR) is 69.1 cm³/mol. The van der Waals surface area contributed by atoms with Gasteiger partial charge in [0.15, 0.2) is 0 Å². The summed E-state index contributed by atoms with van der Waals surface area (Å²) in [6, 6.07) is 7.85. The summed E-state index contributed by atoms with van der Waals surface area (Å²) in [5.41, 5.74) is 7.53. The molecule has 0 aliphatic rings. The lowest BCUT2D eigenvalue weighted by Gasteiger charge is -2.07. The molecule has 3 rings (SSSR count). The molecule has 1 aromatic carbocycles. The number of hydrogen-bond acceptors (Lipinski definition) is 6. The Morgan fingerprint density at radius 1 is 1.28 bits per heavy atom. The van der Waals surface area contributed by atoms with Gasteiger partial charge >= 0.3 is 0 Å². The zero-order valence-corrected chi connectivity index (χ0v) is 10.4. The molecule has 0 saturated carbocycles. The number of rotatable bonds is 2. The van der Waals surface area contributed by atoms with Gasteiger partial charge in [-0.25, -0.2) is 4.68 Å². The van der Waals surface area contributed by atoms with Crippen LogP contribution in [0.5, 0.6) is 0 Å². The molecule has 0 aliphatic heterocycles. The molecule has 0 radical (unpaired) electrons. The van der Waals surface area contributed by atoms with Crippen molar-refractivity contribution in [3.05, 3.63) is 30.5 Å². The molecule has 2 aromatic heterocycles. The van der Waals surface area contributed by atoms with Gasteiger partial charge in [-0.2, -0.15) is 0 Å². The zero-order chi connectivity index (χ0) is 12.5. The van der Waals surface area contributed by atoms with Crippen LogP contribution in [0.25, 0.3) is 10.9 Å². The van der Waals surface area contributed by atoms with Crippen LogP contribution in [0.3, 0.4) is 0 Å². The van der Waals surface area contributed by atoms with Crippen LogP contribution < -0.4 is 5.73 Å².